The van der Waals surface area contributed by atoms with E-state index in [4.69, 9.17) is 9.47 Å². The molecular weight excluding hydrogens is 394 g/mol. The fourth-order valence-corrected chi connectivity index (χ4v) is 4.15. The number of halogens is 1. The molecule has 4 aromatic rings. The second-order valence-corrected chi connectivity index (χ2v) is 7.20. The highest BCUT2D eigenvalue weighted by molar-refractivity contribution is 7.19. The summed E-state index contributed by atoms with van der Waals surface area (Å²) >= 11 is 1.68. The van der Waals surface area contributed by atoms with Crippen molar-refractivity contribution >= 4 is 45.5 Å². The average molecular weight is 414 g/mol. The van der Waals surface area contributed by atoms with E-state index in [0.29, 0.717) is 11.5 Å². The van der Waals surface area contributed by atoms with Gasteiger partial charge in [-0.3, -0.25) is 0 Å². The molecule has 0 radical (unpaired) electrons. The summed E-state index contributed by atoms with van der Waals surface area (Å²) in [6.45, 7) is 2.12. The number of anilines is 2. The Bertz CT molecular complexity index is 1100. The Hall–Kier alpha value is -2.83. The van der Waals surface area contributed by atoms with Crippen LogP contribution in [-0.4, -0.2) is 24.2 Å². The SMILES string of the molecule is COc1ccc(Nc2ncnc3sc(C)c(-c4ccccc4)c23)cc1OC.Cl. The lowest BCUT2D eigenvalue weighted by atomic mass is 10.0. The number of benzene rings is 2. The normalized spacial score (nSPS) is 10.4. The maximum atomic E-state index is 5.40. The van der Waals surface area contributed by atoms with Crippen molar-refractivity contribution in [3.63, 3.8) is 0 Å². The first kappa shape index (κ1) is 19.9. The lowest BCUT2D eigenvalue weighted by Gasteiger charge is -2.12. The molecule has 0 bridgehead atoms. The lowest BCUT2D eigenvalue weighted by Crippen LogP contribution is -1.97. The monoisotopic (exact) mass is 413 g/mol. The Kier molecular flexibility index (Phi) is 6.02. The summed E-state index contributed by atoms with van der Waals surface area (Å²) in [7, 11) is 3.25. The van der Waals surface area contributed by atoms with Crippen molar-refractivity contribution in [2.75, 3.05) is 19.5 Å². The molecule has 0 saturated heterocycles. The number of nitrogens with zero attached hydrogens (tertiary/aromatic N) is 2. The molecule has 0 aliphatic heterocycles. The predicted molar refractivity (Wildman–Crippen MR) is 118 cm³/mol. The number of aryl methyl sites for hydroxylation is 1. The van der Waals surface area contributed by atoms with Gasteiger partial charge in [-0.25, -0.2) is 9.97 Å². The van der Waals surface area contributed by atoms with E-state index >= 15 is 0 Å². The molecule has 144 valence electrons. The first-order valence-corrected chi connectivity index (χ1v) is 9.31. The topological polar surface area (TPSA) is 56.3 Å². The van der Waals surface area contributed by atoms with E-state index in [0.717, 1.165) is 27.3 Å². The maximum Gasteiger partial charge on any atom is 0.162 e. The van der Waals surface area contributed by atoms with E-state index in [-0.39, 0.29) is 12.4 Å². The molecule has 0 saturated carbocycles. The number of methoxy groups -OCH3 is 2. The molecule has 0 aliphatic carbocycles. The zero-order valence-electron chi connectivity index (χ0n) is 15.7. The zero-order chi connectivity index (χ0) is 18.8. The third-order valence-electron chi connectivity index (χ3n) is 4.37. The number of fused-ring (bicyclic) bond motifs is 1. The second kappa shape index (κ2) is 8.46. The molecule has 5 nitrogen and oxygen atoms in total. The Balaban J connectivity index is 0.00000225. The Morgan fingerprint density at radius 3 is 2.39 bits per heavy atom. The third kappa shape index (κ3) is 3.61. The van der Waals surface area contributed by atoms with Gasteiger partial charge >= 0.3 is 0 Å². The highest BCUT2D eigenvalue weighted by Crippen LogP contribution is 2.41. The van der Waals surface area contributed by atoms with Gasteiger partial charge in [-0.05, 0) is 24.6 Å². The summed E-state index contributed by atoms with van der Waals surface area (Å²) < 4.78 is 10.7. The zero-order valence-corrected chi connectivity index (χ0v) is 17.4. The fourth-order valence-electron chi connectivity index (χ4n) is 3.14. The number of rotatable bonds is 5. The number of ether oxygens (including phenoxy) is 2. The Labute approximate surface area is 173 Å². The van der Waals surface area contributed by atoms with Crippen LogP contribution in [0.4, 0.5) is 11.5 Å². The molecule has 7 heteroatoms. The average Bonchev–Trinajstić information content (AvgIpc) is 3.05. The van der Waals surface area contributed by atoms with Crippen LogP contribution >= 0.6 is 23.7 Å². The van der Waals surface area contributed by atoms with Crippen molar-refractivity contribution in [1.29, 1.82) is 0 Å². The van der Waals surface area contributed by atoms with Crippen LogP contribution in [0.15, 0.2) is 54.9 Å². The van der Waals surface area contributed by atoms with Gasteiger partial charge in [-0.2, -0.15) is 0 Å². The van der Waals surface area contributed by atoms with Crippen LogP contribution in [0.1, 0.15) is 4.88 Å². The van der Waals surface area contributed by atoms with Crippen molar-refractivity contribution in [1.82, 2.24) is 9.97 Å². The number of hydrogen-bond donors (Lipinski definition) is 1. The van der Waals surface area contributed by atoms with E-state index in [2.05, 4.69) is 34.3 Å². The summed E-state index contributed by atoms with van der Waals surface area (Å²) in [5, 5.41) is 4.45. The lowest BCUT2D eigenvalue weighted by molar-refractivity contribution is 0.355. The molecule has 1 N–H and O–H groups in total. The van der Waals surface area contributed by atoms with Crippen LogP contribution in [0, 0.1) is 6.92 Å². The van der Waals surface area contributed by atoms with Crippen LogP contribution in [0.5, 0.6) is 11.5 Å². The van der Waals surface area contributed by atoms with Gasteiger partial charge < -0.3 is 14.8 Å². The van der Waals surface area contributed by atoms with Crippen LogP contribution in [0.2, 0.25) is 0 Å². The minimum atomic E-state index is 0. The smallest absolute Gasteiger partial charge is 0.162 e. The minimum Gasteiger partial charge on any atom is -0.493 e. The predicted octanol–water partition coefficient (Wildman–Crippen LogP) is 5.85. The van der Waals surface area contributed by atoms with Gasteiger partial charge in [0.2, 0.25) is 0 Å². The minimum absolute atomic E-state index is 0. The molecular formula is C21H20ClN3O2S. The van der Waals surface area contributed by atoms with Crippen LogP contribution in [0.25, 0.3) is 21.3 Å². The van der Waals surface area contributed by atoms with Gasteiger partial charge in [0.15, 0.2) is 11.5 Å². The van der Waals surface area contributed by atoms with Crippen molar-refractivity contribution in [2.24, 2.45) is 0 Å². The molecule has 2 aromatic heterocycles. The molecule has 0 fully saturated rings. The van der Waals surface area contributed by atoms with Gasteiger partial charge in [0.05, 0.1) is 19.6 Å². The summed E-state index contributed by atoms with van der Waals surface area (Å²) in [6.07, 6.45) is 1.59. The molecule has 0 atom stereocenters. The van der Waals surface area contributed by atoms with Crippen molar-refractivity contribution in [3.8, 4) is 22.6 Å². The molecule has 0 amide bonds. The second-order valence-electron chi connectivity index (χ2n) is 6.00. The first-order chi connectivity index (χ1) is 13.2. The summed E-state index contributed by atoms with van der Waals surface area (Å²) in [5.41, 5.74) is 3.20. The number of hydrogen-bond acceptors (Lipinski definition) is 6. The molecule has 4 rings (SSSR count). The quantitative estimate of drug-likeness (QED) is 0.444. The fraction of sp³-hybridized carbons (Fsp3) is 0.143. The highest BCUT2D eigenvalue weighted by atomic mass is 35.5. The molecule has 0 aliphatic rings. The molecule has 28 heavy (non-hydrogen) atoms. The van der Waals surface area contributed by atoms with E-state index in [1.165, 1.54) is 10.4 Å². The van der Waals surface area contributed by atoms with Gasteiger partial charge in [0.25, 0.3) is 0 Å². The van der Waals surface area contributed by atoms with E-state index < -0.39 is 0 Å². The standard InChI is InChI=1S/C21H19N3O2S.ClH/c1-13-18(14-7-5-4-6-8-14)19-20(22-12-23-21(19)27-13)24-15-9-10-16(25-2)17(11-15)26-3;/h4-12H,1-3H3,(H,22,23,24);1H. The van der Waals surface area contributed by atoms with E-state index in [9.17, 15) is 0 Å². The maximum absolute atomic E-state index is 5.40. The molecule has 2 heterocycles. The van der Waals surface area contributed by atoms with Crippen molar-refractivity contribution < 1.29 is 9.47 Å². The molecule has 0 spiro atoms. The van der Waals surface area contributed by atoms with Crippen LogP contribution in [0.3, 0.4) is 0 Å². The Morgan fingerprint density at radius 1 is 0.929 bits per heavy atom. The first-order valence-electron chi connectivity index (χ1n) is 8.50. The number of aromatic nitrogens is 2. The van der Waals surface area contributed by atoms with Crippen molar-refractivity contribution in [2.45, 2.75) is 6.92 Å². The summed E-state index contributed by atoms with van der Waals surface area (Å²) in [4.78, 5) is 11.2. The number of nitrogens with one attached hydrogen (secondary N) is 1. The summed E-state index contributed by atoms with van der Waals surface area (Å²) in [6, 6.07) is 16.0. The Morgan fingerprint density at radius 2 is 1.68 bits per heavy atom. The van der Waals surface area contributed by atoms with Crippen LogP contribution in [-0.2, 0) is 0 Å². The third-order valence-corrected chi connectivity index (χ3v) is 5.39. The molecule has 2 aromatic carbocycles. The van der Waals surface area contributed by atoms with Gasteiger partial charge in [0.1, 0.15) is 17.0 Å². The highest BCUT2D eigenvalue weighted by Gasteiger charge is 2.17. The van der Waals surface area contributed by atoms with Crippen molar-refractivity contribution in [3.05, 3.63) is 59.7 Å². The van der Waals surface area contributed by atoms with Crippen LogP contribution < -0.4 is 14.8 Å². The molecule has 0 unspecified atom stereocenters. The summed E-state index contributed by atoms with van der Waals surface area (Å²) in [5.74, 6) is 2.13. The largest absolute Gasteiger partial charge is 0.493 e. The van der Waals surface area contributed by atoms with E-state index in [1.807, 2.05) is 36.4 Å². The number of thiophene rings is 1. The van der Waals surface area contributed by atoms with Gasteiger partial charge in [-0.1, -0.05) is 30.3 Å². The van der Waals surface area contributed by atoms with Gasteiger partial charge in [0, 0.05) is 22.2 Å². The van der Waals surface area contributed by atoms with E-state index in [1.54, 1.807) is 31.9 Å². The van der Waals surface area contributed by atoms with Gasteiger partial charge in [-0.15, -0.1) is 23.7 Å².